The summed E-state index contributed by atoms with van der Waals surface area (Å²) in [6, 6.07) is 11.3. The van der Waals surface area contributed by atoms with Crippen LogP contribution in [0.25, 0.3) is 21.8 Å². The minimum Gasteiger partial charge on any atom is -0.484 e. The van der Waals surface area contributed by atoms with Crippen LogP contribution in [0.5, 0.6) is 11.5 Å². The molecule has 10 nitrogen and oxygen atoms in total. The highest BCUT2D eigenvalue weighted by Crippen LogP contribution is 2.25. The van der Waals surface area contributed by atoms with Crippen LogP contribution >= 0.6 is 0 Å². The fourth-order valence-corrected chi connectivity index (χ4v) is 4.16. The molecule has 0 spiro atoms. The standard InChI is InChI=1S/C27H34N6O4/c28-8-6-18-14-32-24-4-2-20(12-22(18)24)36-16-26(34)30-10-1-11-31-27(35)17-37-21-3-5-25-23(13-21)19(7-9-29)15-33-25/h2-5,12-15,32-33H,1,6-11,16-17,28-29H2,(H,30,34)(H,31,35). The van der Waals surface area contributed by atoms with E-state index in [1.54, 1.807) is 0 Å². The summed E-state index contributed by atoms with van der Waals surface area (Å²) >= 11 is 0. The maximum atomic E-state index is 12.1. The van der Waals surface area contributed by atoms with Gasteiger partial charge < -0.3 is 41.5 Å². The molecule has 0 atom stereocenters. The third-order valence-corrected chi connectivity index (χ3v) is 6.04. The molecule has 0 saturated carbocycles. The Bertz CT molecular complexity index is 1240. The van der Waals surface area contributed by atoms with Gasteiger partial charge in [-0.3, -0.25) is 9.59 Å². The van der Waals surface area contributed by atoms with Gasteiger partial charge in [-0.15, -0.1) is 0 Å². The third kappa shape index (κ3) is 7.02. The van der Waals surface area contributed by atoms with Crippen molar-refractivity contribution in [1.82, 2.24) is 20.6 Å². The van der Waals surface area contributed by atoms with Crippen molar-refractivity contribution in [1.29, 1.82) is 0 Å². The number of nitrogens with one attached hydrogen (secondary N) is 4. The first-order valence-corrected chi connectivity index (χ1v) is 12.5. The minimum absolute atomic E-state index is 0.0825. The lowest BCUT2D eigenvalue weighted by molar-refractivity contribution is -0.123. The van der Waals surface area contributed by atoms with E-state index in [-0.39, 0.29) is 25.0 Å². The molecule has 0 saturated heterocycles. The van der Waals surface area contributed by atoms with Gasteiger partial charge in [-0.2, -0.15) is 0 Å². The molecule has 10 heteroatoms. The van der Waals surface area contributed by atoms with Gasteiger partial charge in [-0.1, -0.05) is 0 Å². The van der Waals surface area contributed by atoms with E-state index >= 15 is 0 Å². The summed E-state index contributed by atoms with van der Waals surface area (Å²) in [5.41, 5.74) is 15.6. The van der Waals surface area contributed by atoms with Crippen molar-refractivity contribution in [3.63, 3.8) is 0 Å². The lowest BCUT2D eigenvalue weighted by Gasteiger charge is -2.10. The number of amides is 2. The van der Waals surface area contributed by atoms with Crippen molar-refractivity contribution in [2.75, 3.05) is 39.4 Å². The number of aromatic amines is 2. The maximum absolute atomic E-state index is 12.1. The first kappa shape index (κ1) is 26.1. The molecule has 2 heterocycles. The summed E-state index contributed by atoms with van der Waals surface area (Å²) in [4.78, 5) is 30.7. The average molecular weight is 507 g/mol. The predicted molar refractivity (Wildman–Crippen MR) is 144 cm³/mol. The molecule has 0 aliphatic heterocycles. The van der Waals surface area contributed by atoms with Crippen LogP contribution in [0.2, 0.25) is 0 Å². The molecule has 2 aromatic carbocycles. The van der Waals surface area contributed by atoms with E-state index in [0.717, 1.165) is 45.8 Å². The molecule has 0 fully saturated rings. The first-order chi connectivity index (χ1) is 18.1. The van der Waals surface area contributed by atoms with Crippen LogP contribution in [-0.2, 0) is 22.4 Å². The van der Waals surface area contributed by atoms with E-state index in [0.29, 0.717) is 44.1 Å². The summed E-state index contributed by atoms with van der Waals surface area (Å²) in [7, 11) is 0. The fourth-order valence-electron chi connectivity index (χ4n) is 4.16. The SMILES string of the molecule is NCCc1c[nH]c2ccc(OCC(=O)NCCCNC(=O)COc3ccc4[nH]cc(CCN)c4c3)cc12. The Morgan fingerprint density at radius 1 is 0.730 bits per heavy atom. The Labute approximate surface area is 215 Å². The second kappa shape index (κ2) is 12.8. The number of nitrogens with two attached hydrogens (primary N) is 2. The van der Waals surface area contributed by atoms with Gasteiger partial charge in [0, 0.05) is 47.3 Å². The number of hydrogen-bond acceptors (Lipinski definition) is 6. The largest absolute Gasteiger partial charge is 0.484 e. The normalized spacial score (nSPS) is 11.1. The average Bonchev–Trinajstić information content (AvgIpc) is 3.50. The number of carbonyl (C=O) groups is 2. The molecule has 0 bridgehead atoms. The van der Waals surface area contributed by atoms with Crippen LogP contribution in [0.4, 0.5) is 0 Å². The molecular weight excluding hydrogens is 472 g/mol. The van der Waals surface area contributed by atoms with E-state index in [1.165, 1.54) is 0 Å². The van der Waals surface area contributed by atoms with E-state index in [1.807, 2.05) is 48.8 Å². The number of hydrogen-bond donors (Lipinski definition) is 6. The zero-order valence-electron chi connectivity index (χ0n) is 20.8. The van der Waals surface area contributed by atoms with Gasteiger partial charge in [0.15, 0.2) is 13.2 Å². The second-order valence-electron chi connectivity index (χ2n) is 8.75. The van der Waals surface area contributed by atoms with Crippen LogP contribution < -0.4 is 31.6 Å². The molecule has 196 valence electrons. The number of fused-ring (bicyclic) bond motifs is 2. The maximum Gasteiger partial charge on any atom is 0.257 e. The lowest BCUT2D eigenvalue weighted by Crippen LogP contribution is -2.34. The highest BCUT2D eigenvalue weighted by atomic mass is 16.5. The van der Waals surface area contributed by atoms with Gasteiger partial charge in [0.2, 0.25) is 0 Å². The monoisotopic (exact) mass is 506 g/mol. The third-order valence-electron chi connectivity index (χ3n) is 6.04. The second-order valence-corrected chi connectivity index (χ2v) is 8.75. The molecule has 8 N–H and O–H groups in total. The summed E-state index contributed by atoms with van der Waals surface area (Å²) in [6.07, 6.45) is 6.02. The van der Waals surface area contributed by atoms with Gasteiger partial charge in [0.05, 0.1) is 0 Å². The highest BCUT2D eigenvalue weighted by Gasteiger charge is 2.09. The molecule has 2 aromatic heterocycles. The van der Waals surface area contributed by atoms with Gasteiger partial charge >= 0.3 is 0 Å². The number of ether oxygens (including phenoxy) is 2. The summed E-state index contributed by atoms with van der Waals surface area (Å²) in [5, 5.41) is 7.69. The van der Waals surface area contributed by atoms with Crippen LogP contribution in [0.1, 0.15) is 17.5 Å². The smallest absolute Gasteiger partial charge is 0.257 e. The predicted octanol–water partition coefficient (Wildman–Crippen LogP) is 1.73. The number of rotatable bonds is 14. The Morgan fingerprint density at radius 2 is 1.19 bits per heavy atom. The van der Waals surface area contributed by atoms with Crippen LogP contribution in [-0.4, -0.2) is 61.2 Å². The Hall–Kier alpha value is -4.02. The molecule has 0 aliphatic rings. The number of carbonyl (C=O) groups excluding carboxylic acids is 2. The van der Waals surface area contributed by atoms with Crippen LogP contribution in [0, 0.1) is 0 Å². The van der Waals surface area contributed by atoms with Gasteiger partial charge in [-0.05, 0) is 79.9 Å². The Balaban J connectivity index is 1.11. The van der Waals surface area contributed by atoms with E-state index in [4.69, 9.17) is 20.9 Å². The molecule has 37 heavy (non-hydrogen) atoms. The minimum atomic E-state index is -0.222. The van der Waals surface area contributed by atoms with Crippen molar-refractivity contribution < 1.29 is 19.1 Å². The summed E-state index contributed by atoms with van der Waals surface area (Å²) in [5.74, 6) is 0.804. The first-order valence-electron chi connectivity index (χ1n) is 12.5. The number of H-pyrrole nitrogens is 2. The van der Waals surface area contributed by atoms with Gasteiger partial charge in [0.25, 0.3) is 11.8 Å². The highest BCUT2D eigenvalue weighted by molar-refractivity contribution is 5.86. The number of aromatic nitrogens is 2. The van der Waals surface area contributed by atoms with Crippen molar-refractivity contribution in [3.8, 4) is 11.5 Å². The van der Waals surface area contributed by atoms with Gasteiger partial charge in [-0.25, -0.2) is 0 Å². The quantitative estimate of drug-likeness (QED) is 0.143. The summed E-state index contributed by atoms with van der Waals surface area (Å²) in [6.45, 7) is 1.81. The van der Waals surface area contributed by atoms with Gasteiger partial charge in [0.1, 0.15) is 11.5 Å². The molecule has 0 aliphatic carbocycles. The molecule has 4 aromatic rings. The van der Waals surface area contributed by atoms with E-state index in [2.05, 4.69) is 20.6 Å². The van der Waals surface area contributed by atoms with Crippen molar-refractivity contribution in [3.05, 3.63) is 59.9 Å². The lowest BCUT2D eigenvalue weighted by atomic mass is 10.1. The van der Waals surface area contributed by atoms with E-state index in [9.17, 15) is 9.59 Å². The van der Waals surface area contributed by atoms with Crippen molar-refractivity contribution in [2.24, 2.45) is 11.5 Å². The number of benzene rings is 2. The zero-order chi connectivity index (χ0) is 26.0. The zero-order valence-corrected chi connectivity index (χ0v) is 20.8. The van der Waals surface area contributed by atoms with E-state index < -0.39 is 0 Å². The molecule has 0 unspecified atom stereocenters. The fraction of sp³-hybridized carbons (Fsp3) is 0.333. The Morgan fingerprint density at radius 3 is 1.62 bits per heavy atom. The van der Waals surface area contributed by atoms with Crippen molar-refractivity contribution in [2.45, 2.75) is 19.3 Å². The summed E-state index contributed by atoms with van der Waals surface area (Å²) < 4.78 is 11.3. The van der Waals surface area contributed by atoms with Crippen molar-refractivity contribution >= 4 is 33.6 Å². The topological polar surface area (TPSA) is 160 Å². The Kier molecular flexibility index (Phi) is 9.01. The molecule has 0 radical (unpaired) electrons. The molecule has 2 amide bonds. The van der Waals surface area contributed by atoms with Crippen LogP contribution in [0.15, 0.2) is 48.8 Å². The van der Waals surface area contributed by atoms with Crippen LogP contribution in [0.3, 0.4) is 0 Å². The molecule has 4 rings (SSSR count). The molecular formula is C27H34N6O4.